The highest BCUT2D eigenvalue weighted by Gasteiger charge is 2.23. The molecule has 1 nitrogen and oxygen atoms in total. The maximum atomic E-state index is 3.75. The maximum Gasteiger partial charge on any atom is 0.0391 e. The predicted octanol–water partition coefficient (Wildman–Crippen LogP) is 4.09. The van der Waals surface area contributed by atoms with E-state index in [-0.39, 0.29) is 0 Å². The third kappa shape index (κ3) is 2.15. The fraction of sp³-hybridized carbons (Fsp3) is 0.333. The van der Waals surface area contributed by atoms with Crippen molar-refractivity contribution >= 4 is 11.3 Å². The molecule has 2 heteroatoms. The van der Waals surface area contributed by atoms with Crippen LogP contribution in [0.3, 0.4) is 0 Å². The number of nitrogens with one attached hydrogen (secondary N) is 1. The summed E-state index contributed by atoms with van der Waals surface area (Å²) in [6.45, 7) is 2.26. The molecule has 1 aliphatic carbocycles. The van der Waals surface area contributed by atoms with Crippen LogP contribution in [-0.2, 0) is 6.42 Å². The van der Waals surface area contributed by atoms with E-state index in [9.17, 15) is 0 Å². The summed E-state index contributed by atoms with van der Waals surface area (Å²) in [7, 11) is 0. The van der Waals surface area contributed by atoms with E-state index in [0.717, 1.165) is 0 Å². The quantitative estimate of drug-likeness (QED) is 0.856. The van der Waals surface area contributed by atoms with Crippen molar-refractivity contribution < 1.29 is 0 Å². The summed E-state index contributed by atoms with van der Waals surface area (Å²) in [5, 5.41) is 5.90. The molecule has 0 bridgehead atoms. The molecule has 0 amide bonds. The zero-order valence-corrected chi connectivity index (χ0v) is 10.8. The zero-order chi connectivity index (χ0) is 11.7. The second kappa shape index (κ2) is 4.63. The Morgan fingerprint density at radius 3 is 2.94 bits per heavy atom. The fourth-order valence-corrected chi connectivity index (χ4v) is 3.40. The average Bonchev–Trinajstić information content (AvgIpc) is 2.98. The highest BCUT2D eigenvalue weighted by molar-refractivity contribution is 7.10. The van der Waals surface area contributed by atoms with E-state index >= 15 is 0 Å². The van der Waals surface area contributed by atoms with Gasteiger partial charge in [-0.05, 0) is 42.3 Å². The van der Waals surface area contributed by atoms with Crippen LogP contribution in [-0.4, -0.2) is 0 Å². The van der Waals surface area contributed by atoms with Crippen LogP contribution in [0.5, 0.6) is 0 Å². The second-order valence-corrected chi connectivity index (χ2v) is 5.67. The first kappa shape index (κ1) is 11.0. The van der Waals surface area contributed by atoms with Gasteiger partial charge in [-0.1, -0.05) is 30.3 Å². The van der Waals surface area contributed by atoms with Gasteiger partial charge in [0.1, 0.15) is 0 Å². The Bertz CT molecular complexity index is 489. The zero-order valence-electron chi connectivity index (χ0n) is 10.0. The molecule has 1 aromatic carbocycles. The van der Waals surface area contributed by atoms with Crippen LogP contribution in [0.1, 0.15) is 41.4 Å². The first-order valence-electron chi connectivity index (χ1n) is 6.22. The smallest absolute Gasteiger partial charge is 0.0391 e. The molecule has 3 rings (SSSR count). The molecule has 1 aromatic heterocycles. The Hall–Kier alpha value is -1.12. The molecule has 0 saturated carbocycles. The lowest BCUT2D eigenvalue weighted by Gasteiger charge is -2.19. The van der Waals surface area contributed by atoms with Crippen molar-refractivity contribution in [3.8, 4) is 0 Å². The molecule has 0 aliphatic heterocycles. The van der Waals surface area contributed by atoms with Crippen LogP contribution in [0.15, 0.2) is 41.8 Å². The van der Waals surface area contributed by atoms with Crippen LogP contribution in [0.25, 0.3) is 0 Å². The molecule has 2 atom stereocenters. The molecule has 0 saturated heterocycles. The molecule has 17 heavy (non-hydrogen) atoms. The third-order valence-electron chi connectivity index (χ3n) is 3.55. The first-order valence-corrected chi connectivity index (χ1v) is 7.10. The van der Waals surface area contributed by atoms with Gasteiger partial charge in [-0.15, -0.1) is 11.3 Å². The number of fused-ring (bicyclic) bond motifs is 1. The average molecular weight is 243 g/mol. The number of hydrogen-bond donors (Lipinski definition) is 1. The molecule has 88 valence electrons. The van der Waals surface area contributed by atoms with Gasteiger partial charge in [0, 0.05) is 17.0 Å². The minimum absolute atomic E-state index is 0.450. The molecule has 1 unspecified atom stereocenters. The Kier molecular flexibility index (Phi) is 3.00. The minimum Gasteiger partial charge on any atom is -0.303 e. The Morgan fingerprint density at radius 1 is 1.24 bits per heavy atom. The van der Waals surface area contributed by atoms with Crippen molar-refractivity contribution in [2.24, 2.45) is 0 Å². The summed E-state index contributed by atoms with van der Waals surface area (Å²) in [5.74, 6) is 0. The molecular formula is C15H17NS. The molecular weight excluding hydrogens is 226 g/mol. The first-order chi connectivity index (χ1) is 8.34. The van der Waals surface area contributed by atoms with Crippen LogP contribution in [0, 0.1) is 0 Å². The van der Waals surface area contributed by atoms with Gasteiger partial charge in [-0.2, -0.15) is 0 Å². The highest BCUT2D eigenvalue weighted by Crippen LogP contribution is 2.33. The number of thiophene rings is 1. The summed E-state index contributed by atoms with van der Waals surface area (Å²) in [6.07, 6.45) is 2.44. The summed E-state index contributed by atoms with van der Waals surface area (Å²) < 4.78 is 0. The van der Waals surface area contributed by atoms with E-state index in [0.29, 0.717) is 12.1 Å². The monoisotopic (exact) mass is 243 g/mol. The van der Waals surface area contributed by atoms with Crippen molar-refractivity contribution in [2.75, 3.05) is 0 Å². The summed E-state index contributed by atoms with van der Waals surface area (Å²) in [4.78, 5) is 1.43. The topological polar surface area (TPSA) is 12.0 Å². The van der Waals surface area contributed by atoms with Gasteiger partial charge >= 0.3 is 0 Å². The van der Waals surface area contributed by atoms with E-state index in [1.165, 1.54) is 28.8 Å². The summed E-state index contributed by atoms with van der Waals surface area (Å²) in [5.41, 5.74) is 3.01. The number of benzene rings is 1. The van der Waals surface area contributed by atoms with Gasteiger partial charge in [-0.3, -0.25) is 0 Å². The lowest BCUT2D eigenvalue weighted by Crippen LogP contribution is -2.22. The largest absolute Gasteiger partial charge is 0.303 e. The Labute approximate surface area is 106 Å². The molecule has 1 N–H and O–H groups in total. The minimum atomic E-state index is 0.450. The van der Waals surface area contributed by atoms with Gasteiger partial charge in [0.2, 0.25) is 0 Å². The van der Waals surface area contributed by atoms with Gasteiger partial charge in [0.15, 0.2) is 0 Å². The van der Waals surface area contributed by atoms with Crippen molar-refractivity contribution in [1.82, 2.24) is 5.32 Å². The molecule has 2 aromatic rings. The van der Waals surface area contributed by atoms with Crippen LogP contribution < -0.4 is 5.32 Å². The molecule has 0 fully saturated rings. The fourth-order valence-electron chi connectivity index (χ4n) is 2.65. The third-order valence-corrected chi connectivity index (χ3v) is 4.61. The molecule has 0 radical (unpaired) electrons. The number of aryl methyl sites for hydroxylation is 1. The molecule has 1 aliphatic rings. The lowest BCUT2D eigenvalue weighted by atomic mass is 10.1. The van der Waals surface area contributed by atoms with Crippen LogP contribution in [0.2, 0.25) is 0 Å². The van der Waals surface area contributed by atoms with E-state index in [4.69, 9.17) is 0 Å². The second-order valence-electron chi connectivity index (χ2n) is 4.69. The maximum absolute atomic E-state index is 3.75. The van der Waals surface area contributed by atoms with E-state index in [2.05, 4.69) is 54.0 Å². The van der Waals surface area contributed by atoms with Gasteiger partial charge in [0.25, 0.3) is 0 Å². The predicted molar refractivity (Wildman–Crippen MR) is 73.4 cm³/mol. The standard InChI is InChI=1S/C15H17NS/c1-11(15-7-4-10-17-15)16-14-9-8-12-5-2-3-6-13(12)14/h2-7,10-11,14,16H,8-9H2,1H3/t11-,14?/m0/s1. The van der Waals surface area contributed by atoms with Gasteiger partial charge in [-0.25, -0.2) is 0 Å². The van der Waals surface area contributed by atoms with Crippen molar-refractivity contribution in [3.05, 3.63) is 57.8 Å². The van der Waals surface area contributed by atoms with Crippen LogP contribution in [0.4, 0.5) is 0 Å². The molecule has 1 heterocycles. The van der Waals surface area contributed by atoms with Crippen molar-refractivity contribution in [1.29, 1.82) is 0 Å². The van der Waals surface area contributed by atoms with Crippen molar-refractivity contribution in [3.63, 3.8) is 0 Å². The summed E-state index contributed by atoms with van der Waals surface area (Å²) >= 11 is 1.83. The Balaban J connectivity index is 1.75. The normalized spacial score (nSPS) is 20.2. The highest BCUT2D eigenvalue weighted by atomic mass is 32.1. The van der Waals surface area contributed by atoms with Crippen molar-refractivity contribution in [2.45, 2.75) is 31.8 Å². The Morgan fingerprint density at radius 2 is 2.12 bits per heavy atom. The summed E-state index contributed by atoms with van der Waals surface area (Å²) in [6, 6.07) is 14.1. The van der Waals surface area contributed by atoms with E-state index in [1.54, 1.807) is 0 Å². The van der Waals surface area contributed by atoms with E-state index in [1.807, 2.05) is 11.3 Å². The van der Waals surface area contributed by atoms with Crippen LogP contribution >= 0.6 is 11.3 Å². The van der Waals surface area contributed by atoms with Gasteiger partial charge in [0.05, 0.1) is 0 Å². The van der Waals surface area contributed by atoms with Gasteiger partial charge < -0.3 is 5.32 Å². The SMILES string of the molecule is C[C@H](NC1CCc2ccccc21)c1cccs1. The lowest BCUT2D eigenvalue weighted by molar-refractivity contribution is 0.469. The van der Waals surface area contributed by atoms with E-state index < -0.39 is 0 Å². The molecule has 0 spiro atoms. The number of rotatable bonds is 3. The number of hydrogen-bond acceptors (Lipinski definition) is 2.